The lowest BCUT2D eigenvalue weighted by Crippen LogP contribution is -2.35. The lowest BCUT2D eigenvalue weighted by molar-refractivity contribution is 0.211. The Balaban J connectivity index is 2.03. The molecule has 2 N–H and O–H groups in total. The van der Waals surface area contributed by atoms with E-state index in [1.54, 1.807) is 0 Å². The summed E-state index contributed by atoms with van der Waals surface area (Å²) >= 11 is 6.29. The van der Waals surface area contributed by atoms with E-state index in [0.29, 0.717) is 6.54 Å². The van der Waals surface area contributed by atoms with E-state index in [2.05, 4.69) is 30.0 Å². The molecule has 1 fully saturated rings. The Morgan fingerprint density at radius 2 is 2.21 bits per heavy atom. The normalized spacial score (nSPS) is 22.1. The zero-order valence-corrected chi connectivity index (χ0v) is 12.6. The molecule has 1 aliphatic rings. The summed E-state index contributed by atoms with van der Waals surface area (Å²) in [6.45, 7) is 4.07. The number of halogens is 1. The van der Waals surface area contributed by atoms with Crippen LogP contribution in [0.15, 0.2) is 24.3 Å². The molecule has 2 atom stereocenters. The van der Waals surface area contributed by atoms with E-state index in [1.807, 2.05) is 18.2 Å². The highest BCUT2D eigenvalue weighted by Gasteiger charge is 2.24. The van der Waals surface area contributed by atoms with Crippen molar-refractivity contribution in [3.63, 3.8) is 0 Å². The van der Waals surface area contributed by atoms with Gasteiger partial charge in [-0.1, -0.05) is 29.8 Å². The Hall–Kier alpha value is -0.610. The minimum Gasteiger partial charge on any atom is -0.329 e. The van der Waals surface area contributed by atoms with E-state index >= 15 is 0 Å². The quantitative estimate of drug-likeness (QED) is 0.898. The van der Waals surface area contributed by atoms with Gasteiger partial charge in [0.05, 0.1) is 0 Å². The van der Waals surface area contributed by atoms with Crippen molar-refractivity contribution < 1.29 is 0 Å². The molecule has 0 saturated carbocycles. The summed E-state index contributed by atoms with van der Waals surface area (Å²) in [4.78, 5) is 4.75. The summed E-state index contributed by atoms with van der Waals surface area (Å²) in [6.07, 6.45) is 1.28. The molecular weight excluding hydrogens is 258 g/mol. The number of benzene rings is 1. The Labute approximate surface area is 121 Å². The summed E-state index contributed by atoms with van der Waals surface area (Å²) in [5.74, 6) is 0.742. The Kier molecular flexibility index (Phi) is 5.22. The molecule has 19 heavy (non-hydrogen) atoms. The van der Waals surface area contributed by atoms with E-state index in [-0.39, 0.29) is 6.04 Å². The van der Waals surface area contributed by atoms with Gasteiger partial charge in [-0.2, -0.15) is 0 Å². The highest BCUT2D eigenvalue weighted by atomic mass is 35.5. The Morgan fingerprint density at radius 1 is 1.47 bits per heavy atom. The van der Waals surface area contributed by atoms with Crippen LogP contribution in [0.4, 0.5) is 0 Å². The third-order valence-corrected chi connectivity index (χ3v) is 4.40. The fourth-order valence-electron chi connectivity index (χ4n) is 3.00. The number of likely N-dealkylation sites (N-methyl/N-ethyl adjacent to an activating group) is 1. The highest BCUT2D eigenvalue weighted by molar-refractivity contribution is 6.31. The zero-order chi connectivity index (χ0) is 13.8. The van der Waals surface area contributed by atoms with Crippen LogP contribution in [0.1, 0.15) is 18.0 Å². The van der Waals surface area contributed by atoms with E-state index in [4.69, 9.17) is 17.3 Å². The molecule has 0 aliphatic carbocycles. The van der Waals surface area contributed by atoms with Crippen LogP contribution >= 0.6 is 11.6 Å². The van der Waals surface area contributed by atoms with Gasteiger partial charge in [0.1, 0.15) is 0 Å². The number of hydrogen-bond donors (Lipinski definition) is 1. The van der Waals surface area contributed by atoms with E-state index < -0.39 is 0 Å². The summed E-state index contributed by atoms with van der Waals surface area (Å²) < 4.78 is 0. The van der Waals surface area contributed by atoms with Gasteiger partial charge in [-0.05, 0) is 44.6 Å². The molecule has 106 valence electrons. The number of hydrogen-bond acceptors (Lipinski definition) is 3. The predicted octanol–water partition coefficient (Wildman–Crippen LogP) is 2.22. The molecule has 0 spiro atoms. The molecule has 2 unspecified atom stereocenters. The maximum Gasteiger partial charge on any atom is 0.0482 e. The molecule has 0 bridgehead atoms. The zero-order valence-electron chi connectivity index (χ0n) is 11.8. The van der Waals surface area contributed by atoms with Crippen LogP contribution < -0.4 is 5.73 Å². The Morgan fingerprint density at radius 3 is 2.79 bits per heavy atom. The van der Waals surface area contributed by atoms with Crippen molar-refractivity contribution in [1.29, 1.82) is 0 Å². The minimum atomic E-state index is 0.208. The third kappa shape index (κ3) is 3.69. The first-order valence-corrected chi connectivity index (χ1v) is 7.33. The van der Waals surface area contributed by atoms with Gasteiger partial charge in [0.2, 0.25) is 0 Å². The molecule has 2 rings (SSSR count). The van der Waals surface area contributed by atoms with E-state index in [9.17, 15) is 0 Å². The van der Waals surface area contributed by atoms with Crippen LogP contribution in [0, 0.1) is 5.92 Å². The lowest BCUT2D eigenvalue weighted by Gasteiger charge is -2.30. The standard InChI is InChI=1S/C15H24ClN3/c1-18-8-7-12(10-18)11-19(2)15(9-17)13-5-3-4-6-14(13)16/h3-6,12,15H,7-11,17H2,1-2H3. The third-order valence-electron chi connectivity index (χ3n) is 4.05. The first kappa shape index (κ1) is 14.8. The number of nitrogens with zero attached hydrogens (tertiary/aromatic N) is 2. The SMILES string of the molecule is CN1CCC(CN(C)C(CN)c2ccccc2Cl)C1. The van der Waals surface area contributed by atoms with Crippen molar-refractivity contribution >= 4 is 11.6 Å². The number of nitrogens with two attached hydrogens (primary N) is 1. The molecule has 0 aromatic heterocycles. The fourth-order valence-corrected chi connectivity index (χ4v) is 3.26. The summed E-state index contributed by atoms with van der Waals surface area (Å²) in [5, 5.41) is 0.813. The summed E-state index contributed by atoms with van der Waals surface area (Å²) in [5.41, 5.74) is 7.10. The predicted molar refractivity (Wildman–Crippen MR) is 81.5 cm³/mol. The van der Waals surface area contributed by atoms with Gasteiger partial charge in [0.25, 0.3) is 0 Å². The summed E-state index contributed by atoms with van der Waals surface area (Å²) in [7, 11) is 4.34. The van der Waals surface area contributed by atoms with Gasteiger partial charge in [-0.25, -0.2) is 0 Å². The van der Waals surface area contributed by atoms with Gasteiger partial charge < -0.3 is 10.6 Å². The van der Waals surface area contributed by atoms with Crippen molar-refractivity contribution in [1.82, 2.24) is 9.80 Å². The van der Waals surface area contributed by atoms with Gasteiger partial charge in [-0.15, -0.1) is 0 Å². The first-order chi connectivity index (χ1) is 9.11. The largest absolute Gasteiger partial charge is 0.329 e. The first-order valence-electron chi connectivity index (χ1n) is 6.95. The van der Waals surface area contributed by atoms with Crippen LogP contribution in [0.2, 0.25) is 5.02 Å². The topological polar surface area (TPSA) is 32.5 Å². The van der Waals surface area contributed by atoms with Crippen molar-refractivity contribution in [3.8, 4) is 0 Å². The second-order valence-corrected chi connectivity index (χ2v) is 6.04. The molecule has 0 radical (unpaired) electrons. The number of rotatable bonds is 5. The maximum atomic E-state index is 6.29. The van der Waals surface area contributed by atoms with Gasteiger partial charge in [-0.3, -0.25) is 4.90 Å². The molecular formula is C15H24ClN3. The molecule has 1 aliphatic heterocycles. The van der Waals surface area contributed by atoms with Gasteiger partial charge >= 0.3 is 0 Å². The molecule has 4 heteroatoms. The summed E-state index contributed by atoms with van der Waals surface area (Å²) in [6, 6.07) is 8.22. The van der Waals surface area contributed by atoms with E-state index in [0.717, 1.165) is 23.0 Å². The van der Waals surface area contributed by atoms with Crippen LogP contribution in [-0.4, -0.2) is 50.1 Å². The molecule has 1 aromatic rings. The second kappa shape index (κ2) is 6.71. The molecule has 1 heterocycles. The second-order valence-electron chi connectivity index (χ2n) is 5.63. The molecule has 1 aromatic carbocycles. The van der Waals surface area contributed by atoms with Gasteiger partial charge in [0, 0.05) is 30.7 Å². The lowest BCUT2D eigenvalue weighted by atomic mass is 10.0. The molecule has 3 nitrogen and oxygen atoms in total. The van der Waals surface area contributed by atoms with Crippen molar-refractivity contribution in [2.75, 3.05) is 40.3 Å². The van der Waals surface area contributed by atoms with Crippen LogP contribution in [0.3, 0.4) is 0 Å². The average Bonchev–Trinajstić information content (AvgIpc) is 2.78. The monoisotopic (exact) mass is 281 g/mol. The van der Waals surface area contributed by atoms with Crippen LogP contribution in [-0.2, 0) is 0 Å². The fraction of sp³-hybridized carbons (Fsp3) is 0.600. The van der Waals surface area contributed by atoms with E-state index in [1.165, 1.54) is 19.5 Å². The Bertz CT molecular complexity index is 410. The smallest absolute Gasteiger partial charge is 0.0482 e. The van der Waals surface area contributed by atoms with Crippen LogP contribution in [0.25, 0.3) is 0 Å². The number of likely N-dealkylation sites (tertiary alicyclic amines) is 1. The maximum absolute atomic E-state index is 6.29. The van der Waals surface area contributed by atoms with Crippen molar-refractivity contribution in [3.05, 3.63) is 34.9 Å². The van der Waals surface area contributed by atoms with Crippen molar-refractivity contribution in [2.45, 2.75) is 12.5 Å². The average molecular weight is 282 g/mol. The van der Waals surface area contributed by atoms with Crippen molar-refractivity contribution in [2.24, 2.45) is 11.7 Å². The minimum absolute atomic E-state index is 0.208. The molecule has 0 amide bonds. The van der Waals surface area contributed by atoms with Crippen LogP contribution in [0.5, 0.6) is 0 Å². The highest BCUT2D eigenvalue weighted by Crippen LogP contribution is 2.27. The van der Waals surface area contributed by atoms with Gasteiger partial charge in [0.15, 0.2) is 0 Å². The molecule has 1 saturated heterocycles.